The number of aromatic carboxylic acids is 1. The Kier molecular flexibility index (Phi) is 4.48. The molecule has 0 radical (unpaired) electrons. The van der Waals surface area contributed by atoms with Crippen LogP contribution in [-0.4, -0.2) is 22.4 Å². The normalized spacial score (nSPS) is 11.0. The summed E-state index contributed by atoms with van der Waals surface area (Å²) in [5.41, 5.74) is 1.32. The Balaban J connectivity index is 1.88. The second kappa shape index (κ2) is 6.72. The third-order valence-corrected chi connectivity index (χ3v) is 3.79. The summed E-state index contributed by atoms with van der Waals surface area (Å²) in [6.45, 7) is 0. The molecule has 0 aliphatic carbocycles. The van der Waals surface area contributed by atoms with Gasteiger partial charge in [0, 0.05) is 10.0 Å². The van der Waals surface area contributed by atoms with Gasteiger partial charge in [-0.1, -0.05) is 15.9 Å². The highest BCUT2D eigenvalue weighted by Gasteiger charge is 2.15. The zero-order valence-electron chi connectivity index (χ0n) is 12.3. The molecule has 24 heavy (non-hydrogen) atoms. The molecule has 1 heterocycles. The number of hydrogen-bond donors (Lipinski definition) is 2. The summed E-state index contributed by atoms with van der Waals surface area (Å²) in [7, 11) is 0. The molecule has 0 spiro atoms. The molecule has 2 N–H and O–H groups in total. The van der Waals surface area contributed by atoms with E-state index in [1.165, 1.54) is 12.3 Å². The molecule has 5 nitrogen and oxygen atoms in total. The number of halogens is 1. The minimum absolute atomic E-state index is 0.153. The molecule has 3 aromatic rings. The number of nitrogens with zero attached hydrogens (tertiary/aromatic N) is 1. The van der Waals surface area contributed by atoms with Gasteiger partial charge >= 0.3 is 5.97 Å². The van der Waals surface area contributed by atoms with Crippen LogP contribution in [0.2, 0.25) is 0 Å². The molecular weight excluding hydrogens is 374 g/mol. The molecule has 1 aromatic heterocycles. The minimum atomic E-state index is -1.03. The highest BCUT2D eigenvalue weighted by Crippen LogP contribution is 2.28. The Hall–Kier alpha value is -2.86. The Morgan fingerprint density at radius 2 is 1.83 bits per heavy atom. The van der Waals surface area contributed by atoms with E-state index in [-0.39, 0.29) is 11.3 Å². The van der Waals surface area contributed by atoms with Crippen molar-refractivity contribution in [1.29, 1.82) is 0 Å². The zero-order valence-corrected chi connectivity index (χ0v) is 13.9. The van der Waals surface area contributed by atoms with Crippen LogP contribution in [0.25, 0.3) is 11.3 Å². The van der Waals surface area contributed by atoms with Crippen molar-refractivity contribution in [2.75, 3.05) is 0 Å². The first-order valence-electron chi connectivity index (χ1n) is 6.99. The van der Waals surface area contributed by atoms with Gasteiger partial charge in [-0.05, 0) is 54.6 Å². The second-order valence-electron chi connectivity index (χ2n) is 4.97. The lowest BCUT2D eigenvalue weighted by Crippen LogP contribution is -1.99. The number of aliphatic imine (C=N–C) groups is 1. The van der Waals surface area contributed by atoms with Crippen molar-refractivity contribution in [2.24, 2.45) is 4.99 Å². The molecule has 0 unspecified atom stereocenters. The molecule has 0 saturated heterocycles. The molecule has 0 saturated carbocycles. The molecule has 3 rings (SSSR count). The summed E-state index contributed by atoms with van der Waals surface area (Å²) in [5.74, 6) is 0.0945. The molecule has 0 aliphatic rings. The smallest absolute Gasteiger partial charge is 0.336 e. The number of aromatic hydroxyl groups is 1. The number of hydrogen-bond acceptors (Lipinski definition) is 4. The number of phenolic OH excluding ortho intramolecular Hbond substituents is 1. The van der Waals surface area contributed by atoms with Gasteiger partial charge in [0.15, 0.2) is 0 Å². The Bertz CT molecular complexity index is 913. The molecule has 0 fully saturated rings. The fourth-order valence-corrected chi connectivity index (χ4v) is 2.51. The maximum atomic E-state index is 11.4. The minimum Gasteiger partial charge on any atom is -0.508 e. The Labute approximate surface area is 146 Å². The van der Waals surface area contributed by atoms with Gasteiger partial charge in [0.25, 0.3) is 0 Å². The van der Waals surface area contributed by atoms with Gasteiger partial charge in [0.1, 0.15) is 17.3 Å². The predicted molar refractivity (Wildman–Crippen MR) is 94.2 cm³/mol. The van der Waals surface area contributed by atoms with E-state index in [1.54, 1.807) is 48.5 Å². The third-order valence-electron chi connectivity index (χ3n) is 3.29. The summed E-state index contributed by atoms with van der Waals surface area (Å²) < 4.78 is 6.35. The first kappa shape index (κ1) is 16.0. The first-order chi connectivity index (χ1) is 11.5. The lowest BCUT2D eigenvalue weighted by molar-refractivity contribution is 0.0697. The van der Waals surface area contributed by atoms with E-state index < -0.39 is 5.97 Å². The van der Waals surface area contributed by atoms with Crippen molar-refractivity contribution in [3.8, 4) is 17.1 Å². The Morgan fingerprint density at radius 1 is 1.08 bits per heavy atom. The topological polar surface area (TPSA) is 83.0 Å². The van der Waals surface area contributed by atoms with E-state index in [2.05, 4.69) is 20.9 Å². The Morgan fingerprint density at radius 3 is 2.54 bits per heavy atom. The van der Waals surface area contributed by atoms with E-state index in [4.69, 9.17) is 4.42 Å². The fraction of sp³-hybridized carbons (Fsp3) is 0. The second-order valence-corrected chi connectivity index (χ2v) is 5.89. The summed E-state index contributed by atoms with van der Waals surface area (Å²) in [4.78, 5) is 15.6. The van der Waals surface area contributed by atoms with Crippen LogP contribution in [-0.2, 0) is 0 Å². The van der Waals surface area contributed by atoms with Gasteiger partial charge < -0.3 is 14.6 Å². The molecule has 6 heteroatoms. The first-order valence-corrected chi connectivity index (χ1v) is 7.78. The zero-order chi connectivity index (χ0) is 17.1. The van der Waals surface area contributed by atoms with Crippen LogP contribution < -0.4 is 0 Å². The average Bonchev–Trinajstić information content (AvgIpc) is 3.03. The predicted octanol–water partition coefficient (Wildman–Crippen LogP) is 4.86. The van der Waals surface area contributed by atoms with Crippen LogP contribution in [0.4, 0.5) is 5.69 Å². The largest absolute Gasteiger partial charge is 0.508 e. The van der Waals surface area contributed by atoms with E-state index >= 15 is 0 Å². The number of benzene rings is 2. The van der Waals surface area contributed by atoms with E-state index in [1.807, 2.05) is 0 Å². The number of carboxylic acid groups (broad SMARTS) is 1. The molecular formula is C18H12BrNO4. The van der Waals surface area contributed by atoms with Crippen LogP contribution in [0.1, 0.15) is 16.1 Å². The van der Waals surface area contributed by atoms with Crippen molar-refractivity contribution < 1.29 is 19.4 Å². The van der Waals surface area contributed by atoms with Crippen LogP contribution in [0.15, 0.2) is 68.5 Å². The van der Waals surface area contributed by atoms with Crippen LogP contribution in [0.3, 0.4) is 0 Å². The highest BCUT2D eigenvalue weighted by molar-refractivity contribution is 9.10. The lowest BCUT2D eigenvalue weighted by Gasteiger charge is -2.03. The number of carbonyl (C=O) groups is 1. The number of rotatable bonds is 4. The average molecular weight is 386 g/mol. The SMILES string of the molecule is O=C(O)c1cc(Br)ccc1-c1ccc(C=Nc2ccc(O)cc2)o1. The summed E-state index contributed by atoms with van der Waals surface area (Å²) in [5, 5.41) is 18.6. The molecule has 0 amide bonds. The summed E-state index contributed by atoms with van der Waals surface area (Å²) in [6, 6.07) is 14.8. The summed E-state index contributed by atoms with van der Waals surface area (Å²) >= 11 is 3.27. The van der Waals surface area contributed by atoms with Crippen molar-refractivity contribution in [3.63, 3.8) is 0 Å². The van der Waals surface area contributed by atoms with Gasteiger partial charge in [0.05, 0.1) is 17.5 Å². The highest BCUT2D eigenvalue weighted by atomic mass is 79.9. The quantitative estimate of drug-likeness (QED) is 0.627. The molecule has 0 bridgehead atoms. The molecule has 0 aliphatic heterocycles. The van der Waals surface area contributed by atoms with E-state index in [9.17, 15) is 15.0 Å². The molecule has 120 valence electrons. The number of carboxylic acids is 1. The molecule has 0 atom stereocenters. The third kappa shape index (κ3) is 3.55. The van der Waals surface area contributed by atoms with Gasteiger partial charge in [0.2, 0.25) is 0 Å². The van der Waals surface area contributed by atoms with Gasteiger partial charge in [-0.2, -0.15) is 0 Å². The molecule has 2 aromatic carbocycles. The van der Waals surface area contributed by atoms with Crippen LogP contribution in [0.5, 0.6) is 5.75 Å². The van der Waals surface area contributed by atoms with Gasteiger partial charge in [-0.15, -0.1) is 0 Å². The van der Waals surface area contributed by atoms with E-state index in [0.717, 1.165) is 0 Å². The fourth-order valence-electron chi connectivity index (χ4n) is 2.15. The monoisotopic (exact) mass is 385 g/mol. The van der Waals surface area contributed by atoms with Gasteiger partial charge in [-0.3, -0.25) is 4.99 Å². The maximum Gasteiger partial charge on any atom is 0.336 e. The van der Waals surface area contributed by atoms with Crippen LogP contribution >= 0.6 is 15.9 Å². The van der Waals surface area contributed by atoms with Crippen molar-refractivity contribution >= 4 is 33.8 Å². The lowest BCUT2D eigenvalue weighted by atomic mass is 10.1. The standard InChI is InChI=1S/C18H12BrNO4/c19-11-1-7-15(16(9-11)18(22)23)17-8-6-14(24-17)10-20-12-2-4-13(21)5-3-12/h1-10,21H,(H,22,23). The number of furan rings is 1. The van der Waals surface area contributed by atoms with Crippen molar-refractivity contribution in [3.05, 3.63) is 70.4 Å². The summed E-state index contributed by atoms with van der Waals surface area (Å²) in [6.07, 6.45) is 1.54. The van der Waals surface area contributed by atoms with Crippen molar-refractivity contribution in [2.45, 2.75) is 0 Å². The maximum absolute atomic E-state index is 11.4. The van der Waals surface area contributed by atoms with Crippen molar-refractivity contribution in [1.82, 2.24) is 0 Å². The number of phenols is 1. The van der Waals surface area contributed by atoms with E-state index in [0.29, 0.717) is 27.2 Å². The van der Waals surface area contributed by atoms with Crippen LogP contribution in [0, 0.1) is 0 Å². The van der Waals surface area contributed by atoms with Gasteiger partial charge in [-0.25, -0.2) is 4.79 Å².